The van der Waals surface area contributed by atoms with Crippen molar-refractivity contribution >= 4 is 11.7 Å². The average Bonchev–Trinajstić information content (AvgIpc) is 3.35. The van der Waals surface area contributed by atoms with E-state index in [4.69, 9.17) is 4.52 Å². The van der Waals surface area contributed by atoms with Crippen molar-refractivity contribution in [3.05, 3.63) is 40.0 Å². The van der Waals surface area contributed by atoms with Crippen LogP contribution in [0.4, 0.5) is 5.82 Å². The van der Waals surface area contributed by atoms with Gasteiger partial charge in [0.2, 0.25) is 0 Å². The number of aliphatic hydroxyl groups is 1. The van der Waals surface area contributed by atoms with Crippen LogP contribution in [0.3, 0.4) is 0 Å². The van der Waals surface area contributed by atoms with Gasteiger partial charge in [0.25, 0.3) is 11.5 Å². The van der Waals surface area contributed by atoms with E-state index in [2.05, 4.69) is 20.5 Å². The van der Waals surface area contributed by atoms with Gasteiger partial charge < -0.3 is 19.8 Å². The van der Waals surface area contributed by atoms with Gasteiger partial charge in [-0.1, -0.05) is 5.16 Å². The van der Waals surface area contributed by atoms with Crippen molar-refractivity contribution in [2.75, 3.05) is 18.0 Å². The Morgan fingerprint density at radius 3 is 2.86 bits per heavy atom. The Bertz CT molecular complexity index is 924. The van der Waals surface area contributed by atoms with Crippen LogP contribution in [0.2, 0.25) is 0 Å². The second-order valence-corrected chi connectivity index (χ2v) is 7.89. The Balaban J connectivity index is 1.51. The van der Waals surface area contributed by atoms with Crippen LogP contribution in [0.1, 0.15) is 60.7 Å². The molecule has 0 spiro atoms. The molecule has 1 saturated carbocycles. The quantitative estimate of drug-likeness (QED) is 0.779. The summed E-state index contributed by atoms with van der Waals surface area (Å²) in [5, 5.41) is 21.4. The van der Waals surface area contributed by atoms with Gasteiger partial charge in [0, 0.05) is 25.2 Å². The maximum Gasteiger partial charge on any atom is 0.267 e. The number of piperidine rings is 1. The molecule has 2 aromatic heterocycles. The van der Waals surface area contributed by atoms with Gasteiger partial charge >= 0.3 is 0 Å². The topological polar surface area (TPSA) is 113 Å². The Hall–Kier alpha value is -2.68. The lowest BCUT2D eigenvalue weighted by molar-refractivity contribution is 0.0948. The molecule has 0 radical (unpaired) electrons. The van der Waals surface area contributed by atoms with Crippen molar-refractivity contribution in [3.8, 4) is 0 Å². The molecule has 9 nitrogen and oxygen atoms in total. The van der Waals surface area contributed by atoms with E-state index in [1.165, 1.54) is 16.9 Å². The van der Waals surface area contributed by atoms with Gasteiger partial charge in [-0.3, -0.25) is 9.59 Å². The van der Waals surface area contributed by atoms with Crippen LogP contribution < -0.4 is 15.8 Å². The summed E-state index contributed by atoms with van der Waals surface area (Å²) in [6.07, 6.45) is 6.28. The smallest absolute Gasteiger partial charge is 0.267 e. The molecule has 3 unspecified atom stereocenters. The van der Waals surface area contributed by atoms with Crippen LogP contribution in [0, 0.1) is 6.92 Å². The van der Waals surface area contributed by atoms with Crippen LogP contribution in [0.5, 0.6) is 0 Å². The highest BCUT2D eigenvalue weighted by Gasteiger charge is 2.30. The van der Waals surface area contributed by atoms with Crippen molar-refractivity contribution < 1.29 is 14.4 Å². The molecule has 1 aliphatic heterocycles. The van der Waals surface area contributed by atoms with Crippen LogP contribution in [-0.2, 0) is 0 Å². The molecule has 1 amide bonds. The zero-order valence-corrected chi connectivity index (χ0v) is 16.6. The molecule has 29 heavy (non-hydrogen) atoms. The minimum absolute atomic E-state index is 0.0832. The molecular weight excluding hydrogens is 374 g/mol. The van der Waals surface area contributed by atoms with Crippen LogP contribution in [0.15, 0.2) is 27.6 Å². The number of carbonyl (C=O) groups excluding carboxylic acids is 1. The summed E-state index contributed by atoms with van der Waals surface area (Å²) in [6, 6.07) is 3.09. The highest BCUT2D eigenvalue weighted by molar-refractivity contribution is 5.94. The number of hydrogen-bond acceptors (Lipinski definition) is 7. The minimum Gasteiger partial charge on any atom is -0.391 e. The first-order chi connectivity index (χ1) is 14.0. The summed E-state index contributed by atoms with van der Waals surface area (Å²) in [5.41, 5.74) is 0.249. The number of anilines is 1. The van der Waals surface area contributed by atoms with Gasteiger partial charge in [-0.15, -0.1) is 0 Å². The number of nitrogens with one attached hydrogen (secondary N) is 1. The number of aryl methyl sites for hydroxylation is 1. The van der Waals surface area contributed by atoms with Gasteiger partial charge in [-0.25, -0.2) is 4.68 Å². The third kappa shape index (κ3) is 4.05. The van der Waals surface area contributed by atoms with Crippen molar-refractivity contribution in [1.82, 2.24) is 20.3 Å². The number of amides is 1. The minimum atomic E-state index is -0.529. The second kappa shape index (κ2) is 8.36. The third-order valence-electron chi connectivity index (χ3n) is 5.98. The monoisotopic (exact) mass is 401 g/mol. The first-order valence-corrected chi connectivity index (χ1v) is 10.3. The number of carbonyl (C=O) groups is 1. The van der Waals surface area contributed by atoms with Crippen LogP contribution in [-0.4, -0.2) is 51.2 Å². The van der Waals surface area contributed by atoms with Crippen molar-refractivity contribution in [1.29, 1.82) is 0 Å². The average molecular weight is 401 g/mol. The van der Waals surface area contributed by atoms with Gasteiger partial charge in [0.1, 0.15) is 17.1 Å². The molecule has 1 aliphatic carbocycles. The fourth-order valence-corrected chi connectivity index (χ4v) is 4.35. The number of aliphatic hydroxyl groups excluding tert-OH is 1. The third-order valence-corrected chi connectivity index (χ3v) is 5.98. The molecule has 4 rings (SSSR count). The maximum absolute atomic E-state index is 12.4. The van der Waals surface area contributed by atoms with E-state index in [9.17, 15) is 14.7 Å². The van der Waals surface area contributed by atoms with E-state index in [0.29, 0.717) is 30.1 Å². The molecule has 2 aliphatic rings. The van der Waals surface area contributed by atoms with Crippen molar-refractivity contribution in [2.45, 2.75) is 63.6 Å². The van der Waals surface area contributed by atoms with E-state index in [1.54, 1.807) is 13.0 Å². The molecule has 2 N–H and O–H groups in total. The van der Waals surface area contributed by atoms with Gasteiger partial charge in [0.05, 0.1) is 18.3 Å². The van der Waals surface area contributed by atoms with Gasteiger partial charge in [-0.05, 0) is 51.5 Å². The molecule has 0 bridgehead atoms. The summed E-state index contributed by atoms with van der Waals surface area (Å²) < 4.78 is 6.41. The van der Waals surface area contributed by atoms with E-state index in [0.717, 1.165) is 38.6 Å². The predicted octanol–water partition coefficient (Wildman–Crippen LogP) is 1.41. The fourth-order valence-electron chi connectivity index (χ4n) is 4.35. The Morgan fingerprint density at radius 2 is 2.14 bits per heavy atom. The van der Waals surface area contributed by atoms with Gasteiger partial charge in [-0.2, -0.15) is 5.10 Å². The molecule has 9 heteroatoms. The SMILES string of the molecule is Cc1oncc1C(=O)NCC1CCCCN1c1ccc(=O)n(C2CCCC2O)n1. The molecule has 156 valence electrons. The lowest BCUT2D eigenvalue weighted by Crippen LogP contribution is -2.48. The standard InChI is InChI=1S/C20H27N5O4/c1-13-15(12-22-29-13)20(28)21-11-14-5-2-3-10-24(14)18-8-9-19(27)25(23-18)16-6-4-7-17(16)26/h8-9,12,14,16-17,26H,2-7,10-11H2,1H3,(H,21,28). The van der Waals surface area contributed by atoms with Crippen LogP contribution >= 0.6 is 0 Å². The zero-order valence-electron chi connectivity index (χ0n) is 16.6. The largest absolute Gasteiger partial charge is 0.391 e. The molecule has 3 atom stereocenters. The van der Waals surface area contributed by atoms with Gasteiger partial charge in [0.15, 0.2) is 0 Å². The van der Waals surface area contributed by atoms with Crippen molar-refractivity contribution in [2.24, 2.45) is 0 Å². The molecule has 3 heterocycles. The lowest BCUT2D eigenvalue weighted by Gasteiger charge is -2.37. The molecular formula is C20H27N5O4. The maximum atomic E-state index is 12.4. The highest BCUT2D eigenvalue weighted by atomic mass is 16.5. The van der Waals surface area contributed by atoms with E-state index in [-0.39, 0.29) is 23.6 Å². The highest BCUT2D eigenvalue weighted by Crippen LogP contribution is 2.29. The Kier molecular flexibility index (Phi) is 5.66. The van der Waals surface area contributed by atoms with E-state index in [1.807, 2.05) is 0 Å². The molecule has 2 aromatic rings. The number of hydrogen-bond donors (Lipinski definition) is 2. The summed E-state index contributed by atoms with van der Waals surface area (Å²) in [7, 11) is 0. The molecule has 0 aromatic carbocycles. The van der Waals surface area contributed by atoms with E-state index >= 15 is 0 Å². The second-order valence-electron chi connectivity index (χ2n) is 7.89. The molecule has 1 saturated heterocycles. The number of nitrogens with zero attached hydrogens (tertiary/aromatic N) is 4. The summed E-state index contributed by atoms with van der Waals surface area (Å²) in [5.74, 6) is 0.997. The Labute approximate surface area is 168 Å². The summed E-state index contributed by atoms with van der Waals surface area (Å²) >= 11 is 0. The number of rotatable bonds is 5. The zero-order chi connectivity index (χ0) is 20.4. The first-order valence-electron chi connectivity index (χ1n) is 10.3. The first kappa shape index (κ1) is 19.6. The lowest BCUT2D eigenvalue weighted by atomic mass is 10.0. The molecule has 2 fully saturated rings. The van der Waals surface area contributed by atoms with E-state index < -0.39 is 6.10 Å². The summed E-state index contributed by atoms with van der Waals surface area (Å²) in [6.45, 7) is 2.99. The Morgan fingerprint density at radius 1 is 1.28 bits per heavy atom. The summed E-state index contributed by atoms with van der Waals surface area (Å²) in [4.78, 5) is 26.9. The fraction of sp³-hybridized carbons (Fsp3) is 0.600. The normalized spacial score (nSPS) is 24.6. The predicted molar refractivity (Wildman–Crippen MR) is 106 cm³/mol. The van der Waals surface area contributed by atoms with Crippen LogP contribution in [0.25, 0.3) is 0 Å². The number of aromatic nitrogens is 3. The van der Waals surface area contributed by atoms with Crippen molar-refractivity contribution in [3.63, 3.8) is 0 Å².